The van der Waals surface area contributed by atoms with Crippen LogP contribution in [0.3, 0.4) is 0 Å². The number of hydrogen-bond acceptors (Lipinski definition) is 4. The zero-order valence-corrected chi connectivity index (χ0v) is 18.8. The van der Waals surface area contributed by atoms with Crippen molar-refractivity contribution in [2.45, 2.75) is 51.6 Å². The fourth-order valence-corrected chi connectivity index (χ4v) is 6.54. The van der Waals surface area contributed by atoms with Gasteiger partial charge in [-0.2, -0.15) is 8.78 Å². The lowest BCUT2D eigenvalue weighted by Gasteiger charge is -2.48. The molecule has 6 heteroatoms. The van der Waals surface area contributed by atoms with Crippen LogP contribution in [0.1, 0.15) is 55.2 Å². The maximum atomic E-state index is 13.5. The summed E-state index contributed by atoms with van der Waals surface area (Å²) in [6.45, 7) is -0.816. The number of carbonyl (C=O) groups excluding carboxylic acids is 1. The highest BCUT2D eigenvalue weighted by atomic mass is 19.3. The third-order valence-corrected chi connectivity index (χ3v) is 8.09. The highest BCUT2D eigenvalue weighted by Gasteiger charge is 2.56. The van der Waals surface area contributed by atoms with E-state index in [1.807, 2.05) is 12.1 Å². The molecule has 0 unspecified atom stereocenters. The number of aromatic hydroxyl groups is 1. The van der Waals surface area contributed by atoms with Crippen molar-refractivity contribution in [3.8, 4) is 17.2 Å². The average molecular weight is 455 g/mol. The predicted octanol–water partition coefficient (Wildman–Crippen LogP) is 6.12. The van der Waals surface area contributed by atoms with E-state index < -0.39 is 6.61 Å². The van der Waals surface area contributed by atoms with Crippen LogP contribution in [0.15, 0.2) is 42.0 Å². The van der Waals surface area contributed by atoms with Crippen LogP contribution in [0.5, 0.6) is 17.2 Å². The zero-order chi connectivity index (χ0) is 23.3. The third kappa shape index (κ3) is 3.69. The van der Waals surface area contributed by atoms with Gasteiger partial charge in [0.2, 0.25) is 0 Å². The second-order valence-electron chi connectivity index (χ2n) is 9.75. The molecule has 2 saturated carbocycles. The first kappa shape index (κ1) is 21.9. The first-order valence-electron chi connectivity index (χ1n) is 11.5. The fraction of sp³-hybridized carbons (Fsp3) is 0.444. The number of methoxy groups -OCH3 is 1. The molecule has 0 amide bonds. The molecule has 2 aromatic carbocycles. The Morgan fingerprint density at radius 1 is 1.15 bits per heavy atom. The Bertz CT molecular complexity index is 1130. The minimum atomic E-state index is -2.93. The van der Waals surface area contributed by atoms with E-state index >= 15 is 0 Å². The quantitative estimate of drug-likeness (QED) is 0.566. The van der Waals surface area contributed by atoms with Crippen LogP contribution in [0.25, 0.3) is 6.08 Å². The number of hydrogen-bond donors (Lipinski definition) is 1. The first-order valence-corrected chi connectivity index (χ1v) is 11.5. The van der Waals surface area contributed by atoms with Crippen molar-refractivity contribution in [3.63, 3.8) is 0 Å². The van der Waals surface area contributed by atoms with Gasteiger partial charge < -0.3 is 14.6 Å². The monoisotopic (exact) mass is 454 g/mol. The molecule has 0 aromatic heterocycles. The van der Waals surface area contributed by atoms with E-state index in [9.17, 15) is 18.7 Å². The minimum Gasteiger partial charge on any atom is -0.508 e. The number of carbonyl (C=O) groups is 1. The number of aryl methyl sites for hydroxylation is 1. The summed E-state index contributed by atoms with van der Waals surface area (Å²) in [6.07, 6.45) is 6.37. The number of halogens is 2. The summed E-state index contributed by atoms with van der Waals surface area (Å²) in [5, 5.41) is 9.88. The summed E-state index contributed by atoms with van der Waals surface area (Å²) >= 11 is 0. The number of phenols is 1. The molecule has 4 nitrogen and oxygen atoms in total. The SMILES string of the molecule is COc1cc(/C=C2\C[C@H]3[C@H]4CCc5cc(O)ccc5[C@H]4CC[C@]3(C)C2=O)ccc1OC(F)F. The fourth-order valence-electron chi connectivity index (χ4n) is 6.54. The zero-order valence-electron chi connectivity index (χ0n) is 18.8. The van der Waals surface area contributed by atoms with Crippen molar-refractivity contribution in [3.05, 3.63) is 58.7 Å². The minimum absolute atomic E-state index is 0.0252. The largest absolute Gasteiger partial charge is 0.508 e. The average Bonchev–Trinajstić information content (AvgIpc) is 3.04. The number of benzene rings is 2. The van der Waals surface area contributed by atoms with E-state index in [1.165, 1.54) is 24.3 Å². The van der Waals surface area contributed by atoms with Gasteiger partial charge in [0.15, 0.2) is 17.3 Å². The van der Waals surface area contributed by atoms with Gasteiger partial charge in [-0.15, -0.1) is 0 Å². The number of ether oxygens (including phenoxy) is 2. The summed E-state index contributed by atoms with van der Waals surface area (Å²) in [5.41, 5.74) is 3.72. The molecule has 33 heavy (non-hydrogen) atoms. The number of phenolic OH excluding ortho intramolecular Hbond substituents is 1. The Hall–Kier alpha value is -2.89. The van der Waals surface area contributed by atoms with Crippen molar-refractivity contribution in [1.29, 1.82) is 0 Å². The van der Waals surface area contributed by atoms with Gasteiger partial charge >= 0.3 is 6.61 Å². The summed E-state index contributed by atoms with van der Waals surface area (Å²) in [6, 6.07) is 10.5. The molecule has 2 fully saturated rings. The van der Waals surface area contributed by atoms with Gasteiger partial charge in [0, 0.05) is 5.41 Å². The van der Waals surface area contributed by atoms with Gasteiger partial charge in [-0.05, 0) is 102 Å². The van der Waals surface area contributed by atoms with E-state index in [0.29, 0.717) is 17.6 Å². The van der Waals surface area contributed by atoms with Gasteiger partial charge in [0.05, 0.1) is 7.11 Å². The molecule has 3 aliphatic carbocycles. The normalized spacial score (nSPS) is 29.5. The molecule has 1 N–H and O–H groups in total. The Kier molecular flexibility index (Phi) is 5.42. The second kappa shape index (κ2) is 8.15. The van der Waals surface area contributed by atoms with Crippen LogP contribution in [0.4, 0.5) is 8.78 Å². The Labute approximate surface area is 192 Å². The molecule has 4 atom stereocenters. The molecule has 0 heterocycles. The third-order valence-electron chi connectivity index (χ3n) is 8.09. The number of Topliss-reactive ketones (excluding diaryl/α,β-unsaturated/α-hetero) is 1. The van der Waals surface area contributed by atoms with E-state index in [1.54, 1.807) is 18.2 Å². The van der Waals surface area contributed by atoms with Crippen LogP contribution in [-0.2, 0) is 11.2 Å². The molecule has 0 saturated heterocycles. The molecule has 0 radical (unpaired) electrons. The van der Waals surface area contributed by atoms with Crippen molar-refractivity contribution in [2.24, 2.45) is 17.3 Å². The Balaban J connectivity index is 1.44. The highest BCUT2D eigenvalue weighted by molar-refractivity contribution is 6.06. The summed E-state index contributed by atoms with van der Waals surface area (Å²) in [7, 11) is 1.40. The first-order chi connectivity index (χ1) is 15.8. The van der Waals surface area contributed by atoms with Crippen molar-refractivity contribution >= 4 is 11.9 Å². The van der Waals surface area contributed by atoms with Crippen LogP contribution in [0.2, 0.25) is 0 Å². The second-order valence-corrected chi connectivity index (χ2v) is 9.75. The van der Waals surface area contributed by atoms with E-state index in [0.717, 1.165) is 43.2 Å². The van der Waals surface area contributed by atoms with Gasteiger partial charge in [0.25, 0.3) is 0 Å². The number of ketones is 1. The van der Waals surface area contributed by atoms with Crippen LogP contribution >= 0.6 is 0 Å². The Morgan fingerprint density at radius 2 is 1.97 bits per heavy atom. The lowest BCUT2D eigenvalue weighted by Crippen LogP contribution is -2.42. The van der Waals surface area contributed by atoms with E-state index in [4.69, 9.17) is 4.74 Å². The lowest BCUT2D eigenvalue weighted by molar-refractivity contribution is -0.127. The van der Waals surface area contributed by atoms with Crippen LogP contribution < -0.4 is 9.47 Å². The molecule has 0 aliphatic heterocycles. The van der Waals surface area contributed by atoms with Crippen molar-refractivity contribution in [2.75, 3.05) is 7.11 Å². The van der Waals surface area contributed by atoms with Crippen molar-refractivity contribution in [1.82, 2.24) is 0 Å². The molecular weight excluding hydrogens is 426 g/mol. The highest BCUT2D eigenvalue weighted by Crippen LogP contribution is 2.61. The standard InChI is InChI=1S/C27H28F2O4/c1-27-10-9-20-19-7-5-18(30)13-16(19)4-6-21(20)22(27)14-17(25(27)31)11-15-3-8-23(33-26(28)29)24(12-15)32-2/h3,5,7-8,11-13,20-22,26,30H,4,6,9-10,14H2,1-2H3/b17-11+/t20-,21+,22+,27+/m1/s1. The topological polar surface area (TPSA) is 55.8 Å². The van der Waals surface area contributed by atoms with Crippen LogP contribution in [-0.4, -0.2) is 24.6 Å². The van der Waals surface area contributed by atoms with Gasteiger partial charge in [-0.3, -0.25) is 4.79 Å². The number of allylic oxidation sites excluding steroid dienone is 1. The van der Waals surface area contributed by atoms with Crippen LogP contribution in [0, 0.1) is 17.3 Å². The summed E-state index contributed by atoms with van der Waals surface area (Å²) < 4.78 is 35.0. The molecule has 2 aromatic rings. The molecule has 0 bridgehead atoms. The smallest absolute Gasteiger partial charge is 0.387 e. The molecule has 0 spiro atoms. The molecule has 174 valence electrons. The van der Waals surface area contributed by atoms with Gasteiger partial charge in [0.1, 0.15) is 5.75 Å². The van der Waals surface area contributed by atoms with Gasteiger partial charge in [-0.1, -0.05) is 19.1 Å². The number of rotatable bonds is 4. The number of alkyl halides is 2. The van der Waals surface area contributed by atoms with Gasteiger partial charge in [-0.25, -0.2) is 0 Å². The van der Waals surface area contributed by atoms with E-state index in [-0.39, 0.29) is 28.6 Å². The molecule has 3 aliphatic rings. The Morgan fingerprint density at radius 3 is 2.73 bits per heavy atom. The lowest BCUT2D eigenvalue weighted by atomic mass is 9.55. The van der Waals surface area contributed by atoms with E-state index in [2.05, 4.69) is 17.7 Å². The number of fused-ring (bicyclic) bond motifs is 5. The maximum Gasteiger partial charge on any atom is 0.387 e. The van der Waals surface area contributed by atoms with Crippen molar-refractivity contribution < 1.29 is 28.2 Å². The molecular formula is C27H28F2O4. The maximum absolute atomic E-state index is 13.5. The predicted molar refractivity (Wildman–Crippen MR) is 121 cm³/mol. The summed E-state index contributed by atoms with van der Waals surface area (Å²) in [5.74, 6) is 1.84. The molecule has 5 rings (SSSR count). The summed E-state index contributed by atoms with van der Waals surface area (Å²) in [4.78, 5) is 13.5.